The van der Waals surface area contributed by atoms with Crippen molar-refractivity contribution in [2.24, 2.45) is 5.92 Å². The number of ether oxygens (including phenoxy) is 2. The number of thioether (sulfide) groups is 2. The lowest BCUT2D eigenvalue weighted by molar-refractivity contribution is -0.145. The van der Waals surface area contributed by atoms with Crippen LogP contribution in [0.1, 0.15) is 70.5 Å². The van der Waals surface area contributed by atoms with Crippen LogP contribution in [0.25, 0.3) is 0 Å². The molecule has 5 amide bonds. The summed E-state index contributed by atoms with van der Waals surface area (Å²) in [5.41, 5.74) is 1.18. The first kappa shape index (κ1) is 45.1. The number of hydrogen-bond acceptors (Lipinski definition) is 11. The Bertz CT molecular complexity index is 1710. The smallest absolute Gasteiger partial charge is 0.407 e. The average molecular weight is 828 g/mol. The molecule has 15 nitrogen and oxygen atoms in total. The Labute approximate surface area is 341 Å². The summed E-state index contributed by atoms with van der Waals surface area (Å²) in [6.45, 7) is 6.99. The van der Waals surface area contributed by atoms with Crippen LogP contribution in [0.15, 0.2) is 60.7 Å². The highest BCUT2D eigenvalue weighted by Crippen LogP contribution is 2.50. The van der Waals surface area contributed by atoms with Crippen molar-refractivity contribution >= 4 is 65.0 Å². The second-order valence-corrected chi connectivity index (χ2v) is 17.6. The molecular weight excluding hydrogens is 775 g/mol. The standard InChI is InChI=1S/C40H53N5O10S2/c1-5-13-29(34(47)36(49)41-21-31(46)43-33(38(51)52)28-16-10-7-11-17-28)42-35(48)30-20-40(56-18-12-19-57-40)24-45(30)37(50)32(44-39(53)55-22-25(2)3)26(4)54-23-27-14-8-6-9-15-27/h6-11,14-17,25-26,29-30,32-33H,5,12-13,18-24H2,1-4H3,(H,41,49)(H,42,48)(H,43,46)(H,44,53)(H,51,52)/t26-,29?,30?,32+,33+/m1/s1. The first-order valence-corrected chi connectivity index (χ1v) is 21.1. The zero-order valence-corrected chi connectivity index (χ0v) is 34.3. The number of rotatable bonds is 19. The lowest BCUT2D eigenvalue weighted by atomic mass is 10.0. The molecule has 310 valence electrons. The summed E-state index contributed by atoms with van der Waals surface area (Å²) < 4.78 is 11.0. The van der Waals surface area contributed by atoms with Crippen molar-refractivity contribution in [3.8, 4) is 0 Å². The Morgan fingerprint density at radius 3 is 2.18 bits per heavy atom. The van der Waals surface area contributed by atoms with Crippen LogP contribution >= 0.6 is 23.5 Å². The number of likely N-dealkylation sites (tertiary alicyclic amines) is 1. The van der Waals surface area contributed by atoms with Crippen LogP contribution < -0.4 is 21.3 Å². The van der Waals surface area contributed by atoms with Gasteiger partial charge in [0, 0.05) is 13.0 Å². The van der Waals surface area contributed by atoms with E-state index in [2.05, 4.69) is 21.3 Å². The van der Waals surface area contributed by atoms with Crippen molar-refractivity contribution in [2.45, 2.75) is 94.3 Å². The van der Waals surface area contributed by atoms with E-state index in [0.717, 1.165) is 23.5 Å². The van der Waals surface area contributed by atoms with Crippen molar-refractivity contribution in [3.63, 3.8) is 0 Å². The van der Waals surface area contributed by atoms with Gasteiger partial charge in [0.05, 0.1) is 36.0 Å². The summed E-state index contributed by atoms with van der Waals surface area (Å²) in [6, 6.07) is 12.4. The third-order valence-corrected chi connectivity index (χ3v) is 12.7. The Morgan fingerprint density at radius 2 is 1.56 bits per heavy atom. The molecule has 0 radical (unpaired) electrons. The van der Waals surface area contributed by atoms with E-state index in [4.69, 9.17) is 9.47 Å². The van der Waals surface area contributed by atoms with Crippen molar-refractivity contribution < 1.29 is 48.1 Å². The number of nitrogens with zero attached hydrogens (tertiary/aromatic N) is 1. The van der Waals surface area contributed by atoms with Crippen LogP contribution in [0, 0.1) is 5.92 Å². The number of carbonyl (C=O) groups excluding carboxylic acids is 6. The molecule has 2 aliphatic rings. The predicted molar refractivity (Wildman–Crippen MR) is 216 cm³/mol. The number of benzene rings is 2. The number of Topliss-reactive ketones (excluding diaryl/α,β-unsaturated/α-hetero) is 1. The van der Waals surface area contributed by atoms with Gasteiger partial charge in [-0.1, -0.05) is 87.9 Å². The Morgan fingerprint density at radius 1 is 0.912 bits per heavy atom. The van der Waals surface area contributed by atoms with Crippen molar-refractivity contribution in [2.75, 3.05) is 31.2 Å². The second-order valence-electron chi connectivity index (χ2n) is 14.4. The second kappa shape index (κ2) is 21.8. The average Bonchev–Trinajstić information content (AvgIpc) is 3.57. The summed E-state index contributed by atoms with van der Waals surface area (Å²) in [6.07, 6.45) is 0.0676. The maximum Gasteiger partial charge on any atom is 0.407 e. The zero-order chi connectivity index (χ0) is 41.5. The molecular formula is C40H53N5O10S2. The fraction of sp³-hybridized carbons (Fsp3) is 0.525. The quantitative estimate of drug-likeness (QED) is 0.129. The maximum absolute atomic E-state index is 14.6. The topological polar surface area (TPSA) is 210 Å². The Balaban J connectivity index is 1.50. The Hall–Kier alpha value is -4.61. The molecule has 0 aliphatic carbocycles. The fourth-order valence-electron chi connectivity index (χ4n) is 6.38. The highest BCUT2D eigenvalue weighted by atomic mass is 32.2. The van der Waals surface area contributed by atoms with E-state index in [9.17, 15) is 38.7 Å². The number of carboxylic acids is 1. The molecule has 0 aromatic heterocycles. The number of amides is 5. The summed E-state index contributed by atoms with van der Waals surface area (Å²) in [4.78, 5) is 94.2. The van der Waals surface area contributed by atoms with E-state index in [-0.39, 0.29) is 38.5 Å². The van der Waals surface area contributed by atoms with Gasteiger partial charge in [0.25, 0.3) is 5.91 Å². The molecule has 2 aromatic rings. The lowest BCUT2D eigenvalue weighted by Gasteiger charge is -2.33. The molecule has 2 heterocycles. The van der Waals surface area contributed by atoms with Gasteiger partial charge in [-0.25, -0.2) is 9.59 Å². The number of carboxylic acid groups (broad SMARTS) is 1. The van der Waals surface area contributed by atoms with Gasteiger partial charge >= 0.3 is 12.1 Å². The van der Waals surface area contributed by atoms with Gasteiger partial charge in [-0.2, -0.15) is 0 Å². The van der Waals surface area contributed by atoms with Crippen LogP contribution in [0.4, 0.5) is 4.79 Å². The summed E-state index contributed by atoms with van der Waals surface area (Å²) in [7, 11) is 0. The van der Waals surface area contributed by atoms with E-state index in [1.54, 1.807) is 55.6 Å². The molecule has 2 aromatic carbocycles. The maximum atomic E-state index is 14.6. The normalized spacial score (nSPS) is 18.1. The van der Waals surface area contributed by atoms with E-state index >= 15 is 0 Å². The fourth-order valence-corrected chi connectivity index (χ4v) is 9.72. The predicted octanol–water partition coefficient (Wildman–Crippen LogP) is 3.42. The number of carbonyl (C=O) groups is 7. The molecule has 5 N–H and O–H groups in total. The van der Waals surface area contributed by atoms with Crippen LogP contribution in [0.5, 0.6) is 0 Å². The third kappa shape index (κ3) is 13.2. The van der Waals surface area contributed by atoms with Gasteiger partial charge in [-0.3, -0.25) is 24.0 Å². The van der Waals surface area contributed by atoms with Crippen molar-refractivity contribution in [1.82, 2.24) is 26.2 Å². The molecule has 2 saturated heterocycles. The van der Waals surface area contributed by atoms with Crippen LogP contribution in [-0.2, 0) is 44.8 Å². The molecule has 0 saturated carbocycles. The summed E-state index contributed by atoms with van der Waals surface area (Å²) in [5.74, 6) is -3.79. The minimum Gasteiger partial charge on any atom is -0.479 e. The molecule has 4 rings (SSSR count). The molecule has 2 fully saturated rings. The summed E-state index contributed by atoms with van der Waals surface area (Å²) in [5, 5.41) is 19.6. The van der Waals surface area contributed by atoms with E-state index in [0.29, 0.717) is 12.0 Å². The highest BCUT2D eigenvalue weighted by Gasteiger charge is 2.52. The van der Waals surface area contributed by atoms with E-state index in [1.807, 2.05) is 44.2 Å². The number of aliphatic carboxylic acids is 1. The van der Waals surface area contributed by atoms with E-state index < -0.39 is 82.4 Å². The first-order valence-electron chi connectivity index (χ1n) is 19.1. The van der Waals surface area contributed by atoms with E-state index in [1.165, 1.54) is 17.0 Å². The zero-order valence-electron chi connectivity index (χ0n) is 32.7. The van der Waals surface area contributed by atoms with Gasteiger partial charge in [0.15, 0.2) is 6.04 Å². The van der Waals surface area contributed by atoms with Gasteiger partial charge in [0.2, 0.25) is 23.5 Å². The molecule has 2 unspecified atom stereocenters. The minimum absolute atomic E-state index is 0.0467. The molecule has 5 atom stereocenters. The number of hydrogen-bond donors (Lipinski definition) is 5. The number of ketones is 1. The van der Waals surface area contributed by atoms with Crippen molar-refractivity contribution in [1.29, 1.82) is 0 Å². The SMILES string of the molecule is CCCC(NC(=O)C1CC2(CN1C(=O)[C@@H](NC(=O)OCC(C)C)[C@@H](C)OCc1ccccc1)SCCCS2)C(=O)C(=O)NCC(=O)N[C@H](C(=O)O)c1ccccc1. The first-order chi connectivity index (χ1) is 27.2. The number of alkyl carbamates (subject to hydrolysis) is 1. The molecule has 57 heavy (non-hydrogen) atoms. The molecule has 2 aliphatic heterocycles. The summed E-state index contributed by atoms with van der Waals surface area (Å²) >= 11 is 3.32. The monoisotopic (exact) mass is 827 g/mol. The Kier molecular flexibility index (Phi) is 17.2. The van der Waals surface area contributed by atoms with Crippen LogP contribution in [0.3, 0.4) is 0 Å². The molecule has 0 bridgehead atoms. The number of nitrogens with one attached hydrogen (secondary N) is 4. The van der Waals surface area contributed by atoms with Gasteiger partial charge in [-0.15, -0.1) is 23.5 Å². The third-order valence-electron chi connectivity index (χ3n) is 9.34. The van der Waals surface area contributed by atoms with Gasteiger partial charge in [-0.05, 0) is 48.3 Å². The van der Waals surface area contributed by atoms with Crippen LogP contribution in [-0.4, -0.2) is 111 Å². The highest BCUT2D eigenvalue weighted by molar-refractivity contribution is 8.18. The lowest BCUT2D eigenvalue weighted by Crippen LogP contribution is -2.59. The van der Waals surface area contributed by atoms with Crippen LogP contribution in [0.2, 0.25) is 0 Å². The molecule has 1 spiro atoms. The van der Waals surface area contributed by atoms with Gasteiger partial charge < -0.3 is 40.7 Å². The van der Waals surface area contributed by atoms with Crippen molar-refractivity contribution in [3.05, 3.63) is 71.8 Å². The van der Waals surface area contributed by atoms with Gasteiger partial charge in [0.1, 0.15) is 12.1 Å². The molecule has 17 heteroatoms. The largest absolute Gasteiger partial charge is 0.479 e. The minimum atomic E-state index is -1.38.